The average Bonchev–Trinajstić information content (AvgIpc) is 3.57. The van der Waals surface area contributed by atoms with Gasteiger partial charge in [0, 0.05) is 5.56 Å². The Balaban J connectivity index is 1.25. The van der Waals surface area contributed by atoms with E-state index in [0.717, 1.165) is 5.56 Å². The fourth-order valence-corrected chi connectivity index (χ4v) is 3.59. The predicted octanol–water partition coefficient (Wildman–Crippen LogP) is 2.17. The Morgan fingerprint density at radius 2 is 1.88 bits per heavy atom. The largest absolute Gasteiger partial charge is 0.454 e. The summed E-state index contributed by atoms with van der Waals surface area (Å²) >= 11 is 0. The van der Waals surface area contributed by atoms with Crippen LogP contribution in [0.25, 0.3) is 22.6 Å². The summed E-state index contributed by atoms with van der Waals surface area (Å²) in [6.07, 6.45) is 1.43. The van der Waals surface area contributed by atoms with Gasteiger partial charge in [-0.25, -0.2) is 9.67 Å². The zero-order chi connectivity index (χ0) is 22.4. The molecule has 0 aliphatic carbocycles. The maximum atomic E-state index is 12.9. The first-order valence-electron chi connectivity index (χ1n) is 10.2. The molecule has 33 heavy (non-hydrogen) atoms. The summed E-state index contributed by atoms with van der Waals surface area (Å²) in [6.45, 7) is 2.74. The average molecular weight is 443 g/mol. The summed E-state index contributed by atoms with van der Waals surface area (Å²) < 4.78 is 19.0. The molecule has 11 nitrogen and oxygen atoms in total. The van der Waals surface area contributed by atoms with Crippen LogP contribution in [-0.2, 0) is 13.1 Å². The molecule has 0 saturated carbocycles. The lowest BCUT2D eigenvalue weighted by atomic mass is 10.1. The third-order valence-corrected chi connectivity index (χ3v) is 5.35. The summed E-state index contributed by atoms with van der Waals surface area (Å²) in [5.74, 6) is 1.94. The number of fused-ring (bicyclic) bond motifs is 2. The number of benzene rings is 2. The SMILES string of the molecule is Cc1ccc(Cn2nnc3c(=O)n(Cc4nc(-c5ccc6c(c5)OCO6)no4)cnc32)cc1. The number of aryl methyl sites for hydroxylation is 1. The smallest absolute Gasteiger partial charge is 0.283 e. The van der Waals surface area contributed by atoms with Crippen molar-refractivity contribution in [1.82, 2.24) is 34.7 Å². The minimum absolute atomic E-state index is 0.0597. The fourth-order valence-electron chi connectivity index (χ4n) is 3.59. The van der Waals surface area contributed by atoms with E-state index in [-0.39, 0.29) is 30.3 Å². The lowest BCUT2D eigenvalue weighted by molar-refractivity contribution is 0.174. The molecule has 0 unspecified atom stereocenters. The van der Waals surface area contributed by atoms with Crippen molar-refractivity contribution < 1.29 is 14.0 Å². The van der Waals surface area contributed by atoms with E-state index in [1.54, 1.807) is 16.8 Å². The highest BCUT2D eigenvalue weighted by Crippen LogP contribution is 2.35. The third kappa shape index (κ3) is 3.49. The molecule has 1 aliphatic rings. The van der Waals surface area contributed by atoms with Crippen LogP contribution in [0.5, 0.6) is 11.5 Å². The van der Waals surface area contributed by atoms with Crippen LogP contribution in [0, 0.1) is 6.92 Å². The molecule has 0 saturated heterocycles. The Hall–Kier alpha value is -4.54. The van der Waals surface area contributed by atoms with Crippen LogP contribution >= 0.6 is 0 Å². The number of hydrogen-bond acceptors (Lipinski definition) is 9. The van der Waals surface area contributed by atoms with E-state index in [4.69, 9.17) is 14.0 Å². The number of aromatic nitrogens is 7. The van der Waals surface area contributed by atoms with Crippen molar-refractivity contribution in [3.05, 3.63) is 76.2 Å². The second-order valence-corrected chi connectivity index (χ2v) is 7.66. The van der Waals surface area contributed by atoms with Gasteiger partial charge in [0.15, 0.2) is 22.7 Å². The minimum atomic E-state index is -0.335. The van der Waals surface area contributed by atoms with E-state index in [0.29, 0.717) is 35.1 Å². The lowest BCUT2D eigenvalue weighted by Gasteiger charge is -2.04. The molecule has 4 heterocycles. The molecule has 0 amide bonds. The van der Waals surface area contributed by atoms with E-state index in [1.807, 2.05) is 37.3 Å². The number of hydrogen-bond donors (Lipinski definition) is 0. The lowest BCUT2D eigenvalue weighted by Crippen LogP contribution is -2.21. The van der Waals surface area contributed by atoms with Crippen molar-refractivity contribution >= 4 is 11.2 Å². The quantitative estimate of drug-likeness (QED) is 0.402. The molecule has 0 N–H and O–H groups in total. The molecule has 11 heteroatoms. The molecular weight excluding hydrogens is 426 g/mol. The molecule has 6 rings (SSSR count). The molecule has 2 aromatic carbocycles. The van der Waals surface area contributed by atoms with Gasteiger partial charge >= 0.3 is 0 Å². The van der Waals surface area contributed by atoms with Crippen LogP contribution in [0.3, 0.4) is 0 Å². The summed E-state index contributed by atoms with van der Waals surface area (Å²) in [4.78, 5) is 21.7. The van der Waals surface area contributed by atoms with Gasteiger partial charge in [-0.3, -0.25) is 9.36 Å². The Labute approximate surface area is 186 Å². The van der Waals surface area contributed by atoms with Crippen molar-refractivity contribution in [3.8, 4) is 22.9 Å². The monoisotopic (exact) mass is 443 g/mol. The predicted molar refractivity (Wildman–Crippen MR) is 115 cm³/mol. The molecule has 164 valence electrons. The van der Waals surface area contributed by atoms with Gasteiger partial charge in [-0.15, -0.1) is 5.10 Å². The van der Waals surface area contributed by atoms with Gasteiger partial charge in [-0.2, -0.15) is 4.98 Å². The van der Waals surface area contributed by atoms with E-state index in [1.165, 1.54) is 16.5 Å². The Bertz CT molecular complexity index is 1530. The van der Waals surface area contributed by atoms with Crippen molar-refractivity contribution in [1.29, 1.82) is 0 Å². The third-order valence-electron chi connectivity index (χ3n) is 5.35. The topological polar surface area (TPSA) is 123 Å². The molecule has 5 aromatic rings. The van der Waals surface area contributed by atoms with Crippen molar-refractivity contribution in [2.75, 3.05) is 6.79 Å². The second kappa shape index (κ2) is 7.55. The highest BCUT2D eigenvalue weighted by atomic mass is 16.7. The van der Waals surface area contributed by atoms with Crippen LogP contribution in [0.1, 0.15) is 17.0 Å². The first-order valence-corrected chi connectivity index (χ1v) is 10.2. The summed E-state index contributed by atoms with van der Waals surface area (Å²) in [7, 11) is 0. The van der Waals surface area contributed by atoms with E-state index < -0.39 is 0 Å². The first-order chi connectivity index (χ1) is 16.1. The van der Waals surface area contributed by atoms with Crippen molar-refractivity contribution in [3.63, 3.8) is 0 Å². The molecule has 0 spiro atoms. The molecule has 0 fully saturated rings. The van der Waals surface area contributed by atoms with Gasteiger partial charge in [0.2, 0.25) is 18.5 Å². The van der Waals surface area contributed by atoms with Gasteiger partial charge in [0.25, 0.3) is 5.56 Å². The second-order valence-electron chi connectivity index (χ2n) is 7.66. The van der Waals surface area contributed by atoms with Crippen LogP contribution in [0.15, 0.2) is 58.1 Å². The molecule has 1 aliphatic heterocycles. The Morgan fingerprint density at radius 3 is 2.76 bits per heavy atom. The first kappa shape index (κ1) is 19.2. The number of nitrogens with zero attached hydrogens (tertiary/aromatic N) is 7. The standard InChI is InChI=1S/C22H17N7O4/c1-13-2-4-14(5-3-13)9-29-21-19(25-27-29)22(30)28(11-23-21)10-18-24-20(26-33-18)15-6-7-16-17(8-15)32-12-31-16/h2-8,11H,9-10,12H2,1H3. The fraction of sp³-hybridized carbons (Fsp3) is 0.182. The van der Waals surface area contributed by atoms with Gasteiger partial charge < -0.3 is 14.0 Å². The zero-order valence-corrected chi connectivity index (χ0v) is 17.5. The number of rotatable bonds is 5. The molecule has 3 aromatic heterocycles. The van der Waals surface area contributed by atoms with Crippen molar-refractivity contribution in [2.45, 2.75) is 20.0 Å². The van der Waals surface area contributed by atoms with Crippen LogP contribution in [0.4, 0.5) is 0 Å². The van der Waals surface area contributed by atoms with Gasteiger partial charge in [-0.1, -0.05) is 40.2 Å². The normalized spacial score (nSPS) is 12.5. The number of ether oxygens (including phenoxy) is 2. The molecule has 0 bridgehead atoms. The molecule has 0 atom stereocenters. The summed E-state index contributed by atoms with van der Waals surface area (Å²) in [5.41, 5.74) is 3.20. The minimum Gasteiger partial charge on any atom is -0.454 e. The van der Waals surface area contributed by atoms with E-state index in [2.05, 4.69) is 25.4 Å². The van der Waals surface area contributed by atoms with Gasteiger partial charge in [0.05, 0.1) is 6.54 Å². The van der Waals surface area contributed by atoms with Crippen LogP contribution in [0.2, 0.25) is 0 Å². The maximum Gasteiger partial charge on any atom is 0.283 e. The summed E-state index contributed by atoms with van der Waals surface area (Å²) in [6, 6.07) is 13.5. The van der Waals surface area contributed by atoms with Crippen molar-refractivity contribution in [2.24, 2.45) is 0 Å². The zero-order valence-electron chi connectivity index (χ0n) is 17.5. The van der Waals surface area contributed by atoms with E-state index >= 15 is 0 Å². The van der Waals surface area contributed by atoms with Gasteiger partial charge in [0.1, 0.15) is 12.9 Å². The highest BCUT2D eigenvalue weighted by molar-refractivity contribution is 5.67. The molecular formula is C22H17N7O4. The Morgan fingerprint density at radius 1 is 1.03 bits per heavy atom. The maximum absolute atomic E-state index is 12.9. The Kier molecular flexibility index (Phi) is 4.39. The van der Waals surface area contributed by atoms with Crippen LogP contribution < -0.4 is 15.0 Å². The molecule has 0 radical (unpaired) electrons. The highest BCUT2D eigenvalue weighted by Gasteiger charge is 2.18. The summed E-state index contributed by atoms with van der Waals surface area (Å²) in [5, 5.41) is 12.2. The van der Waals surface area contributed by atoms with E-state index in [9.17, 15) is 4.79 Å². The van der Waals surface area contributed by atoms with Gasteiger partial charge in [-0.05, 0) is 30.7 Å². The van der Waals surface area contributed by atoms with Crippen LogP contribution in [-0.4, -0.2) is 41.5 Å².